The standard InChI is InChI=1S/C8H14O3/c1-6(2)11-8-4-3-7(9)5-10-8/h6,8H,3-5H2,1-2H3/t8-/m1/s1. The highest BCUT2D eigenvalue weighted by Crippen LogP contribution is 2.12. The summed E-state index contributed by atoms with van der Waals surface area (Å²) in [4.78, 5) is 10.7. The van der Waals surface area contributed by atoms with Gasteiger partial charge in [-0.3, -0.25) is 4.79 Å². The summed E-state index contributed by atoms with van der Waals surface area (Å²) < 4.78 is 10.5. The van der Waals surface area contributed by atoms with Crippen molar-refractivity contribution in [2.45, 2.75) is 39.1 Å². The van der Waals surface area contributed by atoms with Crippen molar-refractivity contribution in [2.24, 2.45) is 0 Å². The molecule has 0 amide bonds. The largest absolute Gasteiger partial charge is 0.350 e. The van der Waals surface area contributed by atoms with Gasteiger partial charge in [0.05, 0.1) is 6.10 Å². The van der Waals surface area contributed by atoms with E-state index in [2.05, 4.69) is 0 Å². The van der Waals surface area contributed by atoms with Crippen molar-refractivity contribution < 1.29 is 14.3 Å². The number of carbonyl (C=O) groups excluding carboxylic acids is 1. The lowest BCUT2D eigenvalue weighted by atomic mass is 10.2. The molecule has 1 saturated heterocycles. The summed E-state index contributed by atoms with van der Waals surface area (Å²) in [7, 11) is 0. The number of ether oxygens (including phenoxy) is 2. The number of ketones is 1. The van der Waals surface area contributed by atoms with E-state index in [-0.39, 0.29) is 24.8 Å². The highest BCUT2D eigenvalue weighted by atomic mass is 16.7. The zero-order chi connectivity index (χ0) is 8.27. The maximum absolute atomic E-state index is 10.7. The summed E-state index contributed by atoms with van der Waals surface area (Å²) in [5, 5.41) is 0. The normalized spacial score (nSPS) is 26.1. The van der Waals surface area contributed by atoms with Gasteiger partial charge in [0.2, 0.25) is 0 Å². The van der Waals surface area contributed by atoms with E-state index in [4.69, 9.17) is 9.47 Å². The quantitative estimate of drug-likeness (QED) is 0.604. The van der Waals surface area contributed by atoms with E-state index in [1.165, 1.54) is 0 Å². The van der Waals surface area contributed by atoms with E-state index in [1.807, 2.05) is 13.8 Å². The Hall–Kier alpha value is -0.410. The highest BCUT2D eigenvalue weighted by Gasteiger charge is 2.19. The van der Waals surface area contributed by atoms with Gasteiger partial charge in [-0.2, -0.15) is 0 Å². The third kappa shape index (κ3) is 2.99. The second kappa shape index (κ2) is 3.83. The third-order valence-electron chi connectivity index (χ3n) is 1.51. The van der Waals surface area contributed by atoms with Crippen molar-refractivity contribution in [3.63, 3.8) is 0 Å². The predicted molar refractivity (Wildman–Crippen MR) is 40.2 cm³/mol. The molecule has 1 heterocycles. The Morgan fingerprint density at radius 1 is 1.64 bits per heavy atom. The molecule has 1 aliphatic rings. The van der Waals surface area contributed by atoms with E-state index < -0.39 is 0 Å². The molecular weight excluding hydrogens is 144 g/mol. The lowest BCUT2D eigenvalue weighted by Crippen LogP contribution is -2.29. The summed E-state index contributed by atoms with van der Waals surface area (Å²) in [5.41, 5.74) is 0. The van der Waals surface area contributed by atoms with Crippen LogP contribution in [-0.2, 0) is 14.3 Å². The first-order chi connectivity index (χ1) is 5.18. The van der Waals surface area contributed by atoms with Gasteiger partial charge in [-0.1, -0.05) is 0 Å². The maximum Gasteiger partial charge on any atom is 0.158 e. The number of hydrogen-bond donors (Lipinski definition) is 0. The third-order valence-corrected chi connectivity index (χ3v) is 1.51. The molecule has 1 fully saturated rings. The summed E-state index contributed by atoms with van der Waals surface area (Å²) in [6, 6.07) is 0. The number of rotatable bonds is 2. The summed E-state index contributed by atoms with van der Waals surface area (Å²) >= 11 is 0. The van der Waals surface area contributed by atoms with Crippen LogP contribution in [0.2, 0.25) is 0 Å². The molecule has 0 aromatic rings. The lowest BCUT2D eigenvalue weighted by Gasteiger charge is -2.23. The van der Waals surface area contributed by atoms with Crippen LogP contribution in [0.3, 0.4) is 0 Å². The predicted octanol–water partition coefficient (Wildman–Crippen LogP) is 1.12. The molecule has 64 valence electrons. The topological polar surface area (TPSA) is 35.5 Å². The molecule has 0 aromatic heterocycles. The van der Waals surface area contributed by atoms with Crippen LogP contribution in [0.25, 0.3) is 0 Å². The molecule has 1 atom stereocenters. The fourth-order valence-corrected chi connectivity index (χ4v) is 1.03. The van der Waals surface area contributed by atoms with Crippen molar-refractivity contribution in [3.05, 3.63) is 0 Å². The van der Waals surface area contributed by atoms with Crippen molar-refractivity contribution in [3.8, 4) is 0 Å². The van der Waals surface area contributed by atoms with Crippen LogP contribution in [0.4, 0.5) is 0 Å². The minimum atomic E-state index is -0.160. The van der Waals surface area contributed by atoms with Gasteiger partial charge in [0, 0.05) is 12.8 Å². The molecule has 3 heteroatoms. The molecule has 0 aliphatic carbocycles. The van der Waals surface area contributed by atoms with Crippen LogP contribution in [-0.4, -0.2) is 24.8 Å². The molecule has 0 bridgehead atoms. The van der Waals surface area contributed by atoms with Gasteiger partial charge in [-0.05, 0) is 13.8 Å². The zero-order valence-corrected chi connectivity index (χ0v) is 7.00. The first-order valence-corrected chi connectivity index (χ1v) is 3.97. The first-order valence-electron chi connectivity index (χ1n) is 3.97. The van der Waals surface area contributed by atoms with Crippen LogP contribution in [0.5, 0.6) is 0 Å². The Bertz CT molecular complexity index is 132. The highest BCUT2D eigenvalue weighted by molar-refractivity contribution is 5.80. The molecule has 0 radical (unpaired) electrons. The molecular formula is C8H14O3. The first kappa shape index (κ1) is 8.68. The van der Waals surface area contributed by atoms with Gasteiger partial charge in [0.1, 0.15) is 6.61 Å². The SMILES string of the molecule is CC(C)O[C@@H]1CCC(=O)CO1. The number of Topliss-reactive ketones (excluding diaryl/α,β-unsaturated/α-hetero) is 1. The molecule has 0 saturated carbocycles. The van der Waals surface area contributed by atoms with Crippen molar-refractivity contribution in [1.29, 1.82) is 0 Å². The van der Waals surface area contributed by atoms with Crippen molar-refractivity contribution in [1.82, 2.24) is 0 Å². The average molecular weight is 158 g/mol. The molecule has 0 spiro atoms. The maximum atomic E-state index is 10.7. The molecule has 0 N–H and O–H groups in total. The lowest BCUT2D eigenvalue weighted by molar-refractivity contribution is -0.185. The fourth-order valence-electron chi connectivity index (χ4n) is 1.03. The smallest absolute Gasteiger partial charge is 0.158 e. The van der Waals surface area contributed by atoms with E-state index in [1.54, 1.807) is 0 Å². The van der Waals surface area contributed by atoms with Gasteiger partial charge in [-0.15, -0.1) is 0 Å². The van der Waals surface area contributed by atoms with E-state index in [0.29, 0.717) is 12.8 Å². The number of carbonyl (C=O) groups is 1. The second-order valence-electron chi connectivity index (χ2n) is 3.00. The molecule has 1 rings (SSSR count). The van der Waals surface area contributed by atoms with E-state index >= 15 is 0 Å². The van der Waals surface area contributed by atoms with E-state index in [0.717, 1.165) is 0 Å². The Morgan fingerprint density at radius 2 is 2.36 bits per heavy atom. The fraction of sp³-hybridized carbons (Fsp3) is 0.875. The molecule has 0 aromatic carbocycles. The van der Waals surface area contributed by atoms with Crippen molar-refractivity contribution >= 4 is 5.78 Å². The minimum absolute atomic E-state index is 0.160. The Labute approximate surface area is 66.7 Å². The van der Waals surface area contributed by atoms with Crippen molar-refractivity contribution in [2.75, 3.05) is 6.61 Å². The molecule has 0 unspecified atom stereocenters. The van der Waals surface area contributed by atoms with Crippen LogP contribution in [0.1, 0.15) is 26.7 Å². The summed E-state index contributed by atoms with van der Waals surface area (Å²) in [5.74, 6) is 0.175. The number of hydrogen-bond acceptors (Lipinski definition) is 3. The second-order valence-corrected chi connectivity index (χ2v) is 3.00. The van der Waals surface area contributed by atoms with Gasteiger partial charge < -0.3 is 9.47 Å². The zero-order valence-electron chi connectivity index (χ0n) is 7.00. The molecule has 1 aliphatic heterocycles. The van der Waals surface area contributed by atoms with Gasteiger partial charge in [0.15, 0.2) is 12.1 Å². The van der Waals surface area contributed by atoms with Crippen LogP contribution >= 0.6 is 0 Å². The van der Waals surface area contributed by atoms with Gasteiger partial charge in [0.25, 0.3) is 0 Å². The molecule has 3 nitrogen and oxygen atoms in total. The minimum Gasteiger partial charge on any atom is -0.350 e. The Kier molecular flexibility index (Phi) is 3.02. The van der Waals surface area contributed by atoms with Gasteiger partial charge in [-0.25, -0.2) is 0 Å². The monoisotopic (exact) mass is 158 g/mol. The Morgan fingerprint density at radius 3 is 2.82 bits per heavy atom. The van der Waals surface area contributed by atoms with Crippen LogP contribution in [0, 0.1) is 0 Å². The van der Waals surface area contributed by atoms with Crippen LogP contribution < -0.4 is 0 Å². The van der Waals surface area contributed by atoms with E-state index in [9.17, 15) is 4.79 Å². The summed E-state index contributed by atoms with van der Waals surface area (Å²) in [6.07, 6.45) is 1.31. The average Bonchev–Trinajstić information content (AvgIpc) is 1.93. The van der Waals surface area contributed by atoms with Gasteiger partial charge >= 0.3 is 0 Å². The van der Waals surface area contributed by atoms with Crippen LogP contribution in [0.15, 0.2) is 0 Å². The molecule has 11 heavy (non-hydrogen) atoms. The summed E-state index contributed by atoms with van der Waals surface area (Å²) in [6.45, 7) is 4.14. The Balaban J connectivity index is 2.22.